The number of fused-ring (bicyclic) bond motifs is 4. The van der Waals surface area contributed by atoms with Crippen LogP contribution < -0.4 is 10.1 Å². The summed E-state index contributed by atoms with van der Waals surface area (Å²) in [7, 11) is 1.81. The van der Waals surface area contributed by atoms with Crippen molar-refractivity contribution in [2.24, 2.45) is 7.05 Å². The van der Waals surface area contributed by atoms with E-state index in [1.807, 2.05) is 31.3 Å². The highest BCUT2D eigenvalue weighted by atomic mass is 19.1. The largest absolute Gasteiger partial charge is 0.505 e. The van der Waals surface area contributed by atoms with E-state index in [1.165, 1.54) is 12.1 Å². The number of carbonyl (C=O) groups is 1. The van der Waals surface area contributed by atoms with Gasteiger partial charge in [-0.2, -0.15) is 5.10 Å². The molecule has 1 saturated heterocycles. The van der Waals surface area contributed by atoms with Crippen molar-refractivity contribution in [3.05, 3.63) is 65.1 Å². The van der Waals surface area contributed by atoms with Crippen LogP contribution in [0.5, 0.6) is 11.5 Å². The average molecular weight is 393 g/mol. The fourth-order valence-electron chi connectivity index (χ4n) is 4.40. The van der Waals surface area contributed by atoms with Crippen molar-refractivity contribution in [2.75, 3.05) is 13.1 Å². The Morgan fingerprint density at radius 3 is 2.76 bits per heavy atom. The molecule has 3 heterocycles. The van der Waals surface area contributed by atoms with Gasteiger partial charge in [0.2, 0.25) is 5.78 Å². The van der Waals surface area contributed by atoms with E-state index in [9.17, 15) is 14.3 Å². The molecule has 0 bridgehead atoms. The van der Waals surface area contributed by atoms with Gasteiger partial charge in [0.15, 0.2) is 11.6 Å². The second-order valence-corrected chi connectivity index (χ2v) is 7.53. The van der Waals surface area contributed by atoms with Gasteiger partial charge in [0.1, 0.15) is 17.0 Å². The first kappa shape index (κ1) is 17.9. The fourth-order valence-corrected chi connectivity index (χ4v) is 4.40. The summed E-state index contributed by atoms with van der Waals surface area (Å²) < 4.78 is 22.1. The lowest BCUT2D eigenvalue weighted by Gasteiger charge is -2.42. The number of para-hydroxylation sites is 1. The SMILES string of the molecule is Cn1nc(C(=O)c2ccc(O)c(F)c2)c2c1-c1ccccc1OC21CCNCC1. The third-order valence-corrected chi connectivity index (χ3v) is 5.79. The van der Waals surface area contributed by atoms with Crippen LogP contribution in [-0.4, -0.2) is 33.8 Å². The maximum Gasteiger partial charge on any atom is 0.213 e. The monoisotopic (exact) mass is 393 g/mol. The third-order valence-electron chi connectivity index (χ3n) is 5.79. The van der Waals surface area contributed by atoms with Crippen LogP contribution >= 0.6 is 0 Å². The first-order valence-corrected chi connectivity index (χ1v) is 9.60. The number of phenols is 1. The Labute approximate surface area is 166 Å². The number of hydrogen-bond acceptors (Lipinski definition) is 5. The Bertz CT molecular complexity index is 1130. The molecule has 0 atom stereocenters. The number of carbonyl (C=O) groups excluding carboxylic acids is 1. The topological polar surface area (TPSA) is 76.4 Å². The zero-order chi connectivity index (χ0) is 20.2. The molecule has 0 aliphatic carbocycles. The zero-order valence-electron chi connectivity index (χ0n) is 15.9. The summed E-state index contributed by atoms with van der Waals surface area (Å²) in [5, 5.41) is 17.4. The molecule has 0 radical (unpaired) electrons. The van der Waals surface area contributed by atoms with E-state index < -0.39 is 17.2 Å². The maximum absolute atomic E-state index is 13.9. The molecule has 0 unspecified atom stereocenters. The third kappa shape index (κ3) is 2.65. The van der Waals surface area contributed by atoms with Gasteiger partial charge in [0, 0.05) is 31.0 Å². The molecule has 0 amide bonds. The number of ketones is 1. The van der Waals surface area contributed by atoms with Gasteiger partial charge < -0.3 is 15.2 Å². The zero-order valence-corrected chi connectivity index (χ0v) is 15.9. The van der Waals surface area contributed by atoms with Gasteiger partial charge in [0.25, 0.3) is 0 Å². The first-order valence-electron chi connectivity index (χ1n) is 9.60. The molecular weight excluding hydrogens is 373 g/mol. The number of nitrogens with one attached hydrogen (secondary N) is 1. The summed E-state index contributed by atoms with van der Waals surface area (Å²) in [5.74, 6) is -0.934. The molecule has 1 aromatic heterocycles. The van der Waals surface area contributed by atoms with Crippen molar-refractivity contribution in [3.8, 4) is 22.8 Å². The minimum atomic E-state index is -0.834. The molecule has 2 aromatic carbocycles. The Morgan fingerprint density at radius 1 is 1.24 bits per heavy atom. The van der Waals surface area contributed by atoms with Gasteiger partial charge in [0.05, 0.1) is 11.3 Å². The number of aryl methyl sites for hydroxylation is 1. The van der Waals surface area contributed by atoms with Crippen LogP contribution in [-0.2, 0) is 12.6 Å². The number of piperidine rings is 1. The Hall–Kier alpha value is -3.19. The highest BCUT2D eigenvalue weighted by molar-refractivity contribution is 6.10. The van der Waals surface area contributed by atoms with Gasteiger partial charge in [-0.1, -0.05) is 12.1 Å². The van der Waals surface area contributed by atoms with E-state index in [0.717, 1.165) is 41.7 Å². The lowest BCUT2D eigenvalue weighted by Crippen LogP contribution is -2.46. The molecule has 0 saturated carbocycles. The van der Waals surface area contributed by atoms with Gasteiger partial charge in [-0.25, -0.2) is 4.39 Å². The fraction of sp³-hybridized carbons (Fsp3) is 0.273. The Kier molecular flexibility index (Phi) is 3.96. The van der Waals surface area contributed by atoms with Gasteiger partial charge in [-0.3, -0.25) is 9.48 Å². The van der Waals surface area contributed by atoms with E-state index >= 15 is 0 Å². The lowest BCUT2D eigenvalue weighted by atomic mass is 9.79. The number of ether oxygens (including phenoxy) is 1. The molecule has 5 rings (SSSR count). The van der Waals surface area contributed by atoms with Crippen molar-refractivity contribution in [1.82, 2.24) is 15.1 Å². The number of benzene rings is 2. The summed E-state index contributed by atoms with van der Waals surface area (Å²) in [6.07, 6.45) is 1.40. The Morgan fingerprint density at radius 2 is 2.00 bits per heavy atom. The van der Waals surface area contributed by atoms with Crippen LogP contribution in [0.25, 0.3) is 11.3 Å². The molecule has 6 nitrogen and oxygen atoms in total. The summed E-state index contributed by atoms with van der Waals surface area (Å²) >= 11 is 0. The number of halogens is 1. The van der Waals surface area contributed by atoms with E-state index in [-0.39, 0.29) is 17.0 Å². The average Bonchev–Trinajstić information content (AvgIpc) is 3.09. The van der Waals surface area contributed by atoms with E-state index in [0.29, 0.717) is 12.8 Å². The number of phenolic OH excluding ortho intramolecular Hbond substituents is 1. The van der Waals surface area contributed by atoms with E-state index in [1.54, 1.807) is 4.68 Å². The summed E-state index contributed by atoms with van der Waals surface area (Å²) in [4.78, 5) is 13.3. The number of aromatic hydroxyl groups is 1. The van der Waals surface area contributed by atoms with Crippen LogP contribution in [0, 0.1) is 5.82 Å². The number of rotatable bonds is 2. The van der Waals surface area contributed by atoms with Crippen LogP contribution in [0.1, 0.15) is 34.5 Å². The molecule has 7 heteroatoms. The summed E-state index contributed by atoms with van der Waals surface area (Å²) in [5.41, 5.74) is 2.25. The quantitative estimate of drug-likeness (QED) is 0.654. The van der Waals surface area contributed by atoms with Crippen molar-refractivity contribution >= 4 is 5.78 Å². The van der Waals surface area contributed by atoms with Gasteiger partial charge in [-0.05, 0) is 43.4 Å². The van der Waals surface area contributed by atoms with Gasteiger partial charge in [-0.15, -0.1) is 0 Å². The normalized spacial score (nSPS) is 16.8. The first-order chi connectivity index (χ1) is 14.0. The molecule has 2 N–H and O–H groups in total. The molecular formula is C22H20FN3O3. The van der Waals surface area contributed by atoms with Crippen LogP contribution in [0.3, 0.4) is 0 Å². The number of hydrogen-bond donors (Lipinski definition) is 2. The van der Waals surface area contributed by atoms with Crippen molar-refractivity contribution < 1.29 is 19.0 Å². The molecule has 1 spiro atoms. The Balaban J connectivity index is 1.73. The van der Waals surface area contributed by atoms with Gasteiger partial charge >= 0.3 is 0 Å². The van der Waals surface area contributed by atoms with Crippen LogP contribution in [0.15, 0.2) is 42.5 Å². The van der Waals surface area contributed by atoms with Crippen molar-refractivity contribution in [3.63, 3.8) is 0 Å². The lowest BCUT2D eigenvalue weighted by molar-refractivity contribution is 0.0298. The minimum Gasteiger partial charge on any atom is -0.505 e. The predicted molar refractivity (Wildman–Crippen MR) is 105 cm³/mol. The summed E-state index contributed by atoms with van der Waals surface area (Å²) in [6.45, 7) is 1.52. The van der Waals surface area contributed by atoms with Crippen LogP contribution in [0.2, 0.25) is 0 Å². The van der Waals surface area contributed by atoms with Crippen LogP contribution in [0.4, 0.5) is 4.39 Å². The standard InChI is InChI=1S/C22H20FN3O3/c1-26-20-14-4-2-3-5-17(14)29-22(8-10-24-11-9-22)18(20)19(25-26)21(28)13-6-7-16(27)15(23)12-13/h2-7,12,24,27H,8-11H2,1H3. The van der Waals surface area contributed by atoms with E-state index in [2.05, 4.69) is 10.4 Å². The van der Waals surface area contributed by atoms with E-state index in [4.69, 9.17) is 4.74 Å². The highest BCUT2D eigenvalue weighted by Crippen LogP contribution is 2.50. The van der Waals surface area contributed by atoms with Crippen molar-refractivity contribution in [1.29, 1.82) is 0 Å². The molecule has 2 aliphatic heterocycles. The molecule has 1 fully saturated rings. The summed E-state index contributed by atoms with van der Waals surface area (Å²) in [6, 6.07) is 11.4. The van der Waals surface area contributed by atoms with Crippen molar-refractivity contribution in [2.45, 2.75) is 18.4 Å². The second-order valence-electron chi connectivity index (χ2n) is 7.53. The molecule has 148 valence electrons. The highest BCUT2D eigenvalue weighted by Gasteiger charge is 2.47. The number of aromatic nitrogens is 2. The minimum absolute atomic E-state index is 0.143. The molecule has 2 aliphatic rings. The molecule has 29 heavy (non-hydrogen) atoms. The number of nitrogens with zero attached hydrogens (tertiary/aromatic N) is 2. The maximum atomic E-state index is 13.9. The predicted octanol–water partition coefficient (Wildman–Crippen LogP) is 3.13. The smallest absolute Gasteiger partial charge is 0.213 e. The second kappa shape index (κ2) is 6.42. The molecule has 3 aromatic rings.